The van der Waals surface area contributed by atoms with Gasteiger partial charge in [-0.05, 0) is 50.4 Å². The zero-order chi connectivity index (χ0) is 20.4. The summed E-state index contributed by atoms with van der Waals surface area (Å²) in [5, 5.41) is 6.50. The normalized spacial score (nSPS) is 15.9. The summed E-state index contributed by atoms with van der Waals surface area (Å²) in [5.74, 6) is 0.711. The van der Waals surface area contributed by atoms with E-state index < -0.39 is 0 Å². The third-order valence-corrected chi connectivity index (χ3v) is 5.20. The third kappa shape index (κ3) is 9.80. The van der Waals surface area contributed by atoms with Gasteiger partial charge in [0.1, 0.15) is 0 Å². The van der Waals surface area contributed by atoms with Crippen LogP contribution in [0.15, 0.2) is 29.3 Å². The van der Waals surface area contributed by atoms with Crippen LogP contribution in [-0.2, 0) is 17.9 Å². The van der Waals surface area contributed by atoms with E-state index >= 15 is 0 Å². The summed E-state index contributed by atoms with van der Waals surface area (Å²) < 4.78 is 0. The SMILES string of the molecule is CCC(C)NC(=NCc1ccc(CN2CCCCC2)cc1)NCC(=O)N(C)C.I. The van der Waals surface area contributed by atoms with Crippen LogP contribution in [0, 0.1) is 0 Å². The fourth-order valence-corrected chi connectivity index (χ4v) is 3.10. The fourth-order valence-electron chi connectivity index (χ4n) is 3.10. The molecule has 0 saturated carbocycles. The molecule has 7 heteroatoms. The van der Waals surface area contributed by atoms with Crippen molar-refractivity contribution >= 4 is 35.8 Å². The van der Waals surface area contributed by atoms with Crippen molar-refractivity contribution in [2.24, 2.45) is 4.99 Å². The Balaban J connectivity index is 0.00000420. The Labute approximate surface area is 193 Å². The van der Waals surface area contributed by atoms with E-state index in [2.05, 4.69) is 58.6 Å². The lowest BCUT2D eigenvalue weighted by molar-refractivity contribution is -0.127. The van der Waals surface area contributed by atoms with Gasteiger partial charge in [0.2, 0.25) is 5.91 Å². The van der Waals surface area contributed by atoms with E-state index in [9.17, 15) is 4.79 Å². The molecule has 0 aromatic heterocycles. The molecule has 1 aliphatic heterocycles. The number of guanidine groups is 1. The maximum Gasteiger partial charge on any atom is 0.241 e. The van der Waals surface area contributed by atoms with Gasteiger partial charge in [-0.2, -0.15) is 0 Å². The number of hydrogen-bond acceptors (Lipinski definition) is 3. The highest BCUT2D eigenvalue weighted by Gasteiger charge is 2.10. The molecule has 0 bridgehead atoms. The lowest BCUT2D eigenvalue weighted by Crippen LogP contribution is -2.45. The maximum atomic E-state index is 11.9. The molecule has 1 aromatic rings. The van der Waals surface area contributed by atoms with E-state index in [1.807, 2.05) is 0 Å². The molecule has 1 fully saturated rings. The topological polar surface area (TPSA) is 60.0 Å². The number of aliphatic imine (C=N–C) groups is 1. The van der Waals surface area contributed by atoms with Crippen LogP contribution >= 0.6 is 24.0 Å². The van der Waals surface area contributed by atoms with Crippen LogP contribution in [0.1, 0.15) is 50.7 Å². The summed E-state index contributed by atoms with van der Waals surface area (Å²) in [6.07, 6.45) is 5.01. The molecule has 1 aliphatic rings. The second-order valence-electron chi connectivity index (χ2n) is 7.91. The summed E-state index contributed by atoms with van der Waals surface area (Å²) in [6.45, 7) is 8.54. The Morgan fingerprint density at radius 2 is 1.76 bits per heavy atom. The third-order valence-electron chi connectivity index (χ3n) is 5.20. The Kier molecular flexibility index (Phi) is 12.2. The van der Waals surface area contributed by atoms with Crippen molar-refractivity contribution in [3.63, 3.8) is 0 Å². The quantitative estimate of drug-likeness (QED) is 0.317. The molecule has 1 unspecified atom stereocenters. The van der Waals surface area contributed by atoms with Crippen LogP contribution in [0.4, 0.5) is 0 Å². The van der Waals surface area contributed by atoms with Crippen LogP contribution in [0.5, 0.6) is 0 Å². The van der Waals surface area contributed by atoms with Crippen LogP contribution in [0.3, 0.4) is 0 Å². The van der Waals surface area contributed by atoms with Crippen LogP contribution in [0.25, 0.3) is 0 Å². The Morgan fingerprint density at radius 1 is 1.14 bits per heavy atom. The van der Waals surface area contributed by atoms with E-state index in [-0.39, 0.29) is 36.4 Å². The standard InChI is InChI=1S/C22H37N5O.HI/c1-5-18(2)25-22(24-16-21(28)26(3)4)23-15-19-9-11-20(12-10-19)17-27-13-7-6-8-14-27;/h9-12,18H,5-8,13-17H2,1-4H3,(H2,23,24,25);1H. The second-order valence-corrected chi connectivity index (χ2v) is 7.91. The lowest BCUT2D eigenvalue weighted by Gasteiger charge is -2.26. The molecule has 1 saturated heterocycles. The van der Waals surface area contributed by atoms with E-state index in [0.29, 0.717) is 18.5 Å². The van der Waals surface area contributed by atoms with Crippen molar-refractivity contribution in [1.29, 1.82) is 0 Å². The molecule has 164 valence electrons. The number of nitrogens with one attached hydrogen (secondary N) is 2. The molecule has 1 heterocycles. The molecule has 0 spiro atoms. The number of rotatable bonds is 8. The first kappa shape index (κ1) is 25.7. The highest BCUT2D eigenvalue weighted by atomic mass is 127. The van der Waals surface area contributed by atoms with Gasteiger partial charge in [-0.3, -0.25) is 9.69 Å². The minimum Gasteiger partial charge on any atom is -0.354 e. The molecular weight excluding hydrogens is 477 g/mol. The first-order valence-corrected chi connectivity index (χ1v) is 10.5. The van der Waals surface area contributed by atoms with Crippen LogP contribution in [-0.4, -0.2) is 61.4 Å². The molecule has 0 aliphatic carbocycles. The summed E-state index contributed by atoms with van der Waals surface area (Å²) in [5.41, 5.74) is 2.54. The number of piperidine rings is 1. The largest absolute Gasteiger partial charge is 0.354 e. The summed E-state index contributed by atoms with van der Waals surface area (Å²) >= 11 is 0. The van der Waals surface area contributed by atoms with Crippen molar-refractivity contribution < 1.29 is 4.79 Å². The Morgan fingerprint density at radius 3 is 2.34 bits per heavy atom. The summed E-state index contributed by atoms with van der Waals surface area (Å²) in [4.78, 5) is 20.6. The van der Waals surface area contributed by atoms with Gasteiger partial charge in [0.25, 0.3) is 0 Å². The maximum absolute atomic E-state index is 11.9. The molecule has 29 heavy (non-hydrogen) atoms. The van der Waals surface area contributed by atoms with E-state index in [0.717, 1.165) is 13.0 Å². The van der Waals surface area contributed by atoms with Gasteiger partial charge in [-0.1, -0.05) is 37.6 Å². The molecule has 1 aromatic carbocycles. The van der Waals surface area contributed by atoms with Crippen molar-refractivity contribution in [1.82, 2.24) is 20.4 Å². The van der Waals surface area contributed by atoms with E-state index in [1.165, 1.54) is 43.5 Å². The molecule has 2 N–H and O–H groups in total. The molecule has 1 atom stereocenters. The van der Waals surface area contributed by atoms with Crippen molar-refractivity contribution in [2.45, 2.75) is 58.7 Å². The Bertz CT molecular complexity index is 627. The lowest BCUT2D eigenvalue weighted by atomic mass is 10.1. The summed E-state index contributed by atoms with van der Waals surface area (Å²) in [6, 6.07) is 9.05. The number of carbonyl (C=O) groups is 1. The van der Waals surface area contributed by atoms with Gasteiger partial charge in [-0.25, -0.2) is 4.99 Å². The first-order chi connectivity index (χ1) is 13.5. The highest BCUT2D eigenvalue weighted by Crippen LogP contribution is 2.14. The smallest absolute Gasteiger partial charge is 0.241 e. The van der Waals surface area contributed by atoms with Gasteiger partial charge in [0.15, 0.2) is 5.96 Å². The molecule has 1 amide bonds. The number of benzene rings is 1. The fraction of sp³-hybridized carbons (Fsp3) is 0.636. The highest BCUT2D eigenvalue weighted by molar-refractivity contribution is 14.0. The van der Waals surface area contributed by atoms with Crippen molar-refractivity contribution in [3.8, 4) is 0 Å². The molecule has 0 radical (unpaired) electrons. The zero-order valence-electron chi connectivity index (χ0n) is 18.4. The van der Waals surface area contributed by atoms with Crippen LogP contribution < -0.4 is 10.6 Å². The van der Waals surface area contributed by atoms with Crippen molar-refractivity contribution in [3.05, 3.63) is 35.4 Å². The average Bonchev–Trinajstić information content (AvgIpc) is 2.71. The van der Waals surface area contributed by atoms with Crippen molar-refractivity contribution in [2.75, 3.05) is 33.7 Å². The number of carbonyl (C=O) groups excluding carboxylic acids is 1. The molecule has 6 nitrogen and oxygen atoms in total. The number of hydrogen-bond donors (Lipinski definition) is 2. The number of nitrogens with zero attached hydrogens (tertiary/aromatic N) is 3. The number of amides is 1. The predicted octanol–water partition coefficient (Wildman–Crippen LogP) is 3.21. The summed E-state index contributed by atoms with van der Waals surface area (Å²) in [7, 11) is 3.52. The van der Waals surface area contributed by atoms with Gasteiger partial charge in [-0.15, -0.1) is 24.0 Å². The zero-order valence-corrected chi connectivity index (χ0v) is 20.7. The number of halogens is 1. The Hall–Kier alpha value is -1.35. The number of likely N-dealkylation sites (tertiary alicyclic amines) is 1. The second kappa shape index (κ2) is 13.8. The predicted molar refractivity (Wildman–Crippen MR) is 132 cm³/mol. The van der Waals surface area contributed by atoms with Gasteiger partial charge in [0, 0.05) is 26.7 Å². The molecular formula is C22H38IN5O. The minimum absolute atomic E-state index is 0. The number of likely N-dealkylation sites (N-methyl/N-ethyl adjacent to an activating group) is 1. The van der Waals surface area contributed by atoms with Gasteiger partial charge >= 0.3 is 0 Å². The molecule has 2 rings (SSSR count). The first-order valence-electron chi connectivity index (χ1n) is 10.5. The minimum atomic E-state index is 0. The monoisotopic (exact) mass is 515 g/mol. The van der Waals surface area contributed by atoms with Crippen LogP contribution in [0.2, 0.25) is 0 Å². The van der Waals surface area contributed by atoms with E-state index in [1.54, 1.807) is 19.0 Å². The van der Waals surface area contributed by atoms with E-state index in [4.69, 9.17) is 0 Å². The van der Waals surface area contributed by atoms with Gasteiger partial charge < -0.3 is 15.5 Å². The average molecular weight is 515 g/mol. The van der Waals surface area contributed by atoms with Gasteiger partial charge in [0.05, 0.1) is 13.1 Å².